The number of nitrogens with two attached hydrogens (primary N) is 1. The molecule has 2 N–H and O–H groups in total. The molecule has 0 radical (unpaired) electrons. The van der Waals surface area contributed by atoms with E-state index in [1.54, 1.807) is 0 Å². The lowest BCUT2D eigenvalue weighted by molar-refractivity contribution is -0.0753. The summed E-state index contributed by atoms with van der Waals surface area (Å²) in [5.74, 6) is 0. The molecule has 0 spiro atoms. The van der Waals surface area contributed by atoms with Gasteiger partial charge in [0, 0.05) is 23.1 Å². The molecule has 0 amide bonds. The van der Waals surface area contributed by atoms with E-state index in [2.05, 4.69) is 52.0 Å². The van der Waals surface area contributed by atoms with Crippen LogP contribution in [-0.2, 0) is 4.74 Å². The molecule has 0 bridgehead atoms. The first-order chi connectivity index (χ1) is 9.66. The van der Waals surface area contributed by atoms with Crippen LogP contribution < -0.4 is 5.73 Å². The Morgan fingerprint density at radius 3 is 3.00 bits per heavy atom. The third-order valence-electron chi connectivity index (χ3n) is 4.57. The lowest BCUT2D eigenvalue weighted by atomic mass is 9.96. The second-order valence-electron chi connectivity index (χ2n) is 6.00. The van der Waals surface area contributed by atoms with Gasteiger partial charge in [0.15, 0.2) is 0 Å². The second-order valence-corrected chi connectivity index (χ2v) is 6.92. The minimum absolute atomic E-state index is 0.114. The summed E-state index contributed by atoms with van der Waals surface area (Å²) in [6, 6.07) is 9.50. The molecule has 2 aliphatic rings. The summed E-state index contributed by atoms with van der Waals surface area (Å²) >= 11 is 3.58. The van der Waals surface area contributed by atoms with E-state index in [9.17, 15) is 0 Å². The summed E-state index contributed by atoms with van der Waals surface area (Å²) in [6.07, 6.45) is 4.13. The Hall–Kier alpha value is -0.420. The fourth-order valence-electron chi connectivity index (χ4n) is 3.79. The van der Waals surface area contributed by atoms with E-state index in [4.69, 9.17) is 10.5 Å². The predicted octanol–water partition coefficient (Wildman–Crippen LogP) is 3.09. The molecule has 1 aromatic rings. The van der Waals surface area contributed by atoms with E-state index < -0.39 is 0 Å². The first-order valence-electron chi connectivity index (χ1n) is 7.55. The van der Waals surface area contributed by atoms with E-state index in [0.29, 0.717) is 12.1 Å². The van der Waals surface area contributed by atoms with Gasteiger partial charge in [0.25, 0.3) is 0 Å². The number of hydrogen-bond donors (Lipinski definition) is 1. The van der Waals surface area contributed by atoms with Gasteiger partial charge in [0.1, 0.15) is 0 Å². The number of rotatable bonds is 3. The third-order valence-corrected chi connectivity index (χ3v) is 5.06. The molecule has 1 aliphatic heterocycles. The van der Waals surface area contributed by atoms with Crippen molar-refractivity contribution in [3.05, 3.63) is 34.3 Å². The second kappa shape index (κ2) is 6.14. The van der Waals surface area contributed by atoms with Crippen molar-refractivity contribution in [1.29, 1.82) is 0 Å². The molecule has 0 aromatic heterocycles. The molecule has 3 rings (SSSR count). The fraction of sp³-hybridized carbons (Fsp3) is 0.625. The molecule has 3 nitrogen and oxygen atoms in total. The maximum atomic E-state index is 6.33. The predicted molar refractivity (Wildman–Crippen MR) is 84.6 cm³/mol. The average Bonchev–Trinajstić information content (AvgIpc) is 2.88. The van der Waals surface area contributed by atoms with Crippen LogP contribution in [0.15, 0.2) is 28.7 Å². The molecule has 1 aromatic carbocycles. The van der Waals surface area contributed by atoms with Crippen molar-refractivity contribution in [2.24, 2.45) is 5.73 Å². The quantitative estimate of drug-likeness (QED) is 0.920. The van der Waals surface area contributed by atoms with Crippen LogP contribution in [0.3, 0.4) is 0 Å². The molecule has 1 saturated carbocycles. The minimum Gasteiger partial charge on any atom is -0.375 e. The van der Waals surface area contributed by atoms with Crippen molar-refractivity contribution in [2.75, 3.05) is 13.2 Å². The lowest BCUT2D eigenvalue weighted by Crippen LogP contribution is -2.53. The highest BCUT2D eigenvalue weighted by atomic mass is 79.9. The van der Waals surface area contributed by atoms with Gasteiger partial charge in [-0.2, -0.15) is 0 Å². The van der Waals surface area contributed by atoms with Crippen LogP contribution >= 0.6 is 15.9 Å². The van der Waals surface area contributed by atoms with E-state index in [0.717, 1.165) is 17.6 Å². The van der Waals surface area contributed by atoms with Gasteiger partial charge in [-0.1, -0.05) is 28.1 Å². The molecular formula is C16H23BrN2O. The van der Waals surface area contributed by atoms with Crippen LogP contribution in [0.25, 0.3) is 0 Å². The number of hydrogen-bond acceptors (Lipinski definition) is 3. The highest BCUT2D eigenvalue weighted by Gasteiger charge is 2.40. The van der Waals surface area contributed by atoms with Gasteiger partial charge in [-0.3, -0.25) is 4.90 Å². The molecule has 1 heterocycles. The normalized spacial score (nSPS) is 29.9. The van der Waals surface area contributed by atoms with Crippen LogP contribution in [0, 0.1) is 0 Å². The molecule has 4 unspecified atom stereocenters. The smallest absolute Gasteiger partial charge is 0.0731 e. The number of nitrogens with zero attached hydrogens (tertiary/aromatic N) is 1. The summed E-state index contributed by atoms with van der Waals surface area (Å²) in [5, 5.41) is 0. The summed E-state index contributed by atoms with van der Waals surface area (Å²) in [5.41, 5.74) is 7.64. The Morgan fingerprint density at radius 1 is 1.40 bits per heavy atom. The third kappa shape index (κ3) is 2.80. The molecule has 110 valence electrons. The Kier molecular flexibility index (Phi) is 4.46. The molecular weight excluding hydrogens is 316 g/mol. The largest absolute Gasteiger partial charge is 0.375 e. The summed E-state index contributed by atoms with van der Waals surface area (Å²) in [7, 11) is 0. The van der Waals surface area contributed by atoms with Gasteiger partial charge in [0.05, 0.1) is 18.8 Å². The van der Waals surface area contributed by atoms with Crippen LogP contribution in [-0.4, -0.2) is 36.2 Å². The Bertz CT molecular complexity index is 466. The number of halogens is 1. The Balaban J connectivity index is 1.90. The van der Waals surface area contributed by atoms with Crippen LogP contribution in [0.2, 0.25) is 0 Å². The summed E-state index contributed by atoms with van der Waals surface area (Å²) in [4.78, 5) is 2.59. The van der Waals surface area contributed by atoms with Crippen molar-refractivity contribution in [2.45, 2.75) is 50.4 Å². The SMILES string of the molecule is CC(N)C(c1cccc(Br)c1)N1CCOC2CCCC21. The molecule has 1 saturated heterocycles. The van der Waals surface area contributed by atoms with Gasteiger partial charge >= 0.3 is 0 Å². The monoisotopic (exact) mass is 338 g/mol. The summed E-state index contributed by atoms with van der Waals surface area (Å²) in [6.45, 7) is 3.93. The standard InChI is InChI=1S/C16H23BrN2O/c1-11(18)16(12-4-2-5-13(17)10-12)19-8-9-20-15-7-3-6-14(15)19/h2,4-5,10-11,14-16H,3,6-9,18H2,1H3. The molecule has 1 aliphatic carbocycles. The Morgan fingerprint density at radius 2 is 2.25 bits per heavy atom. The number of morpholine rings is 1. The van der Waals surface area contributed by atoms with E-state index in [-0.39, 0.29) is 12.1 Å². The molecule has 2 fully saturated rings. The maximum Gasteiger partial charge on any atom is 0.0731 e. The maximum absolute atomic E-state index is 6.33. The molecule has 20 heavy (non-hydrogen) atoms. The van der Waals surface area contributed by atoms with Gasteiger partial charge in [0.2, 0.25) is 0 Å². The van der Waals surface area contributed by atoms with Crippen molar-refractivity contribution in [3.8, 4) is 0 Å². The van der Waals surface area contributed by atoms with Gasteiger partial charge < -0.3 is 10.5 Å². The van der Waals surface area contributed by atoms with Crippen molar-refractivity contribution in [3.63, 3.8) is 0 Å². The number of benzene rings is 1. The fourth-order valence-corrected chi connectivity index (χ4v) is 4.21. The highest BCUT2D eigenvalue weighted by molar-refractivity contribution is 9.10. The minimum atomic E-state index is 0.114. The highest BCUT2D eigenvalue weighted by Crippen LogP contribution is 2.36. The first-order valence-corrected chi connectivity index (χ1v) is 8.34. The Labute approximate surface area is 129 Å². The molecule has 4 atom stereocenters. The van der Waals surface area contributed by atoms with Crippen LogP contribution in [0.4, 0.5) is 0 Å². The lowest BCUT2D eigenvalue weighted by Gasteiger charge is -2.44. The number of ether oxygens (including phenoxy) is 1. The van der Waals surface area contributed by atoms with Gasteiger partial charge in [-0.25, -0.2) is 0 Å². The van der Waals surface area contributed by atoms with Crippen LogP contribution in [0.1, 0.15) is 37.8 Å². The van der Waals surface area contributed by atoms with E-state index in [1.807, 2.05) is 0 Å². The van der Waals surface area contributed by atoms with Gasteiger partial charge in [-0.15, -0.1) is 0 Å². The number of fused-ring (bicyclic) bond motifs is 1. The average molecular weight is 339 g/mol. The summed E-state index contributed by atoms with van der Waals surface area (Å²) < 4.78 is 7.05. The zero-order valence-electron chi connectivity index (χ0n) is 12.0. The van der Waals surface area contributed by atoms with Gasteiger partial charge in [-0.05, 0) is 43.9 Å². The zero-order valence-corrected chi connectivity index (χ0v) is 13.6. The van der Waals surface area contributed by atoms with Crippen molar-refractivity contribution >= 4 is 15.9 Å². The zero-order chi connectivity index (χ0) is 14.1. The van der Waals surface area contributed by atoms with Crippen molar-refractivity contribution in [1.82, 2.24) is 4.90 Å². The van der Waals surface area contributed by atoms with E-state index in [1.165, 1.54) is 24.8 Å². The van der Waals surface area contributed by atoms with E-state index >= 15 is 0 Å². The topological polar surface area (TPSA) is 38.5 Å². The van der Waals surface area contributed by atoms with Crippen LogP contribution in [0.5, 0.6) is 0 Å². The molecule has 4 heteroatoms. The van der Waals surface area contributed by atoms with Crippen molar-refractivity contribution < 1.29 is 4.74 Å². The first kappa shape index (κ1) is 14.5.